The van der Waals surface area contributed by atoms with Gasteiger partial charge in [0.1, 0.15) is 0 Å². The van der Waals surface area contributed by atoms with Crippen molar-refractivity contribution in [2.45, 2.75) is 38.8 Å². The molecule has 2 fully saturated rings. The Morgan fingerprint density at radius 3 is 2.62 bits per heavy atom. The van der Waals surface area contributed by atoms with Gasteiger partial charge in [-0.1, -0.05) is 6.92 Å². The molecule has 2 rings (SSSR count). The van der Waals surface area contributed by atoms with Crippen LogP contribution in [0.5, 0.6) is 0 Å². The van der Waals surface area contributed by atoms with Crippen LogP contribution in [0.2, 0.25) is 0 Å². The maximum atomic E-state index is 12.9. The second-order valence-corrected chi connectivity index (χ2v) is 6.51. The highest BCUT2D eigenvalue weighted by Crippen LogP contribution is 2.36. The van der Waals surface area contributed by atoms with E-state index in [0.717, 1.165) is 52.2 Å². The number of nitrogens with zero attached hydrogens (tertiary/aromatic N) is 1. The second kappa shape index (κ2) is 7.29. The van der Waals surface area contributed by atoms with E-state index in [-0.39, 0.29) is 18.4 Å². The fraction of sp³-hybridized carbons (Fsp3) is 1.00. The predicted molar refractivity (Wildman–Crippen MR) is 76.2 cm³/mol. The number of halogens is 3. The monoisotopic (exact) mass is 308 g/mol. The van der Waals surface area contributed by atoms with Gasteiger partial charge in [0, 0.05) is 32.8 Å². The van der Waals surface area contributed by atoms with Crippen molar-refractivity contribution in [3.05, 3.63) is 0 Å². The molecule has 2 aliphatic heterocycles. The van der Waals surface area contributed by atoms with E-state index >= 15 is 0 Å². The molecule has 1 atom stereocenters. The van der Waals surface area contributed by atoms with Crippen LogP contribution in [0.15, 0.2) is 0 Å². The maximum Gasteiger partial charge on any atom is 0.393 e. The summed E-state index contributed by atoms with van der Waals surface area (Å²) in [7, 11) is 0. The van der Waals surface area contributed by atoms with Gasteiger partial charge in [0.25, 0.3) is 0 Å². The van der Waals surface area contributed by atoms with Gasteiger partial charge in [-0.25, -0.2) is 0 Å². The van der Waals surface area contributed by atoms with Gasteiger partial charge in [-0.05, 0) is 44.2 Å². The minimum Gasteiger partial charge on any atom is -0.381 e. The van der Waals surface area contributed by atoms with Gasteiger partial charge in [0.15, 0.2) is 0 Å². The second-order valence-electron chi connectivity index (χ2n) is 6.51. The van der Waals surface area contributed by atoms with Crippen LogP contribution in [0.3, 0.4) is 0 Å². The van der Waals surface area contributed by atoms with Crippen molar-refractivity contribution >= 4 is 0 Å². The van der Waals surface area contributed by atoms with E-state index < -0.39 is 12.1 Å². The van der Waals surface area contributed by atoms with E-state index in [0.29, 0.717) is 6.42 Å². The van der Waals surface area contributed by atoms with Crippen molar-refractivity contribution in [3.8, 4) is 0 Å². The summed E-state index contributed by atoms with van der Waals surface area (Å²) in [6.07, 6.45) is -1.25. The number of alkyl halides is 3. The zero-order valence-electron chi connectivity index (χ0n) is 12.8. The molecule has 0 saturated carbocycles. The molecule has 2 heterocycles. The van der Waals surface area contributed by atoms with Gasteiger partial charge in [0.2, 0.25) is 0 Å². The van der Waals surface area contributed by atoms with Crippen LogP contribution in [0.4, 0.5) is 13.2 Å². The summed E-state index contributed by atoms with van der Waals surface area (Å²) >= 11 is 0. The molecule has 3 nitrogen and oxygen atoms in total. The molecule has 0 aromatic rings. The fourth-order valence-electron chi connectivity index (χ4n) is 3.53. The molecule has 0 radical (unpaired) electrons. The van der Waals surface area contributed by atoms with Crippen LogP contribution in [0, 0.1) is 11.3 Å². The van der Waals surface area contributed by atoms with Crippen LogP contribution in [0.1, 0.15) is 32.6 Å². The number of nitrogens with one attached hydrogen (secondary N) is 1. The number of hydrogen-bond donors (Lipinski definition) is 1. The lowest BCUT2D eigenvalue weighted by atomic mass is 9.78. The zero-order valence-corrected chi connectivity index (χ0v) is 12.8. The maximum absolute atomic E-state index is 12.9. The molecular weight excluding hydrogens is 281 g/mol. The molecule has 0 bridgehead atoms. The molecule has 1 unspecified atom stereocenters. The van der Waals surface area contributed by atoms with Crippen molar-refractivity contribution in [1.82, 2.24) is 10.2 Å². The molecule has 0 spiro atoms. The lowest BCUT2D eigenvalue weighted by Gasteiger charge is -2.43. The quantitative estimate of drug-likeness (QED) is 0.845. The van der Waals surface area contributed by atoms with Crippen molar-refractivity contribution in [1.29, 1.82) is 0 Å². The first-order valence-electron chi connectivity index (χ1n) is 8.03. The molecule has 124 valence electrons. The SMILES string of the molecule is CCNCC1(CN2CCCC(C(F)(F)F)C2)CCOCC1. The van der Waals surface area contributed by atoms with E-state index in [9.17, 15) is 13.2 Å². The molecule has 2 aliphatic rings. The Morgan fingerprint density at radius 2 is 2.00 bits per heavy atom. The molecule has 0 aliphatic carbocycles. The van der Waals surface area contributed by atoms with E-state index in [2.05, 4.69) is 12.2 Å². The summed E-state index contributed by atoms with van der Waals surface area (Å²) in [6.45, 7) is 7.00. The first kappa shape index (κ1) is 17.0. The molecule has 6 heteroatoms. The lowest BCUT2D eigenvalue weighted by molar-refractivity contribution is -0.188. The standard InChI is InChI=1S/C15H27F3N2O/c1-2-19-11-14(5-8-21-9-6-14)12-20-7-3-4-13(10-20)15(16,17)18/h13,19H,2-12H2,1H3. The third-order valence-corrected chi connectivity index (χ3v) is 4.83. The van der Waals surface area contributed by atoms with E-state index in [1.54, 1.807) is 0 Å². The third kappa shape index (κ3) is 4.83. The Bertz CT molecular complexity index is 317. The van der Waals surface area contributed by atoms with Crippen LogP contribution in [-0.2, 0) is 4.74 Å². The molecule has 21 heavy (non-hydrogen) atoms. The highest BCUT2D eigenvalue weighted by atomic mass is 19.4. The Balaban J connectivity index is 1.95. The number of rotatable bonds is 5. The average Bonchev–Trinajstić information content (AvgIpc) is 2.46. The minimum atomic E-state index is -4.05. The largest absolute Gasteiger partial charge is 0.393 e. The van der Waals surface area contributed by atoms with Crippen LogP contribution in [-0.4, -0.2) is 57.0 Å². The first-order chi connectivity index (χ1) is 9.95. The summed E-state index contributed by atoms with van der Waals surface area (Å²) in [5.41, 5.74) is 0.0712. The van der Waals surface area contributed by atoms with Crippen LogP contribution in [0.25, 0.3) is 0 Å². The van der Waals surface area contributed by atoms with Crippen molar-refractivity contribution in [3.63, 3.8) is 0 Å². The zero-order chi connectivity index (χ0) is 15.3. The summed E-state index contributed by atoms with van der Waals surface area (Å²) < 4.78 is 44.2. The molecular formula is C15H27F3N2O. The lowest BCUT2D eigenvalue weighted by Crippen LogP contribution is -2.51. The predicted octanol–water partition coefficient (Wildman–Crippen LogP) is 2.67. The van der Waals surface area contributed by atoms with E-state index in [4.69, 9.17) is 4.74 Å². The highest BCUT2D eigenvalue weighted by Gasteiger charge is 2.43. The normalized spacial score (nSPS) is 27.7. The van der Waals surface area contributed by atoms with Gasteiger partial charge in [0.05, 0.1) is 5.92 Å². The van der Waals surface area contributed by atoms with Crippen LogP contribution >= 0.6 is 0 Å². The average molecular weight is 308 g/mol. The highest BCUT2D eigenvalue weighted by molar-refractivity contribution is 4.89. The van der Waals surface area contributed by atoms with Gasteiger partial charge in [-0.2, -0.15) is 13.2 Å². The van der Waals surface area contributed by atoms with Crippen molar-refractivity contribution in [2.24, 2.45) is 11.3 Å². The molecule has 1 N–H and O–H groups in total. The molecule has 0 aromatic carbocycles. The number of ether oxygens (including phenoxy) is 1. The topological polar surface area (TPSA) is 24.5 Å². The van der Waals surface area contributed by atoms with Crippen molar-refractivity contribution in [2.75, 3.05) is 45.9 Å². The van der Waals surface area contributed by atoms with Crippen molar-refractivity contribution < 1.29 is 17.9 Å². The van der Waals surface area contributed by atoms with Gasteiger partial charge in [-0.15, -0.1) is 0 Å². The Hall–Kier alpha value is -0.330. The Kier molecular flexibility index (Phi) is 5.91. The Morgan fingerprint density at radius 1 is 1.29 bits per heavy atom. The molecule has 0 aromatic heterocycles. The van der Waals surface area contributed by atoms with E-state index in [1.165, 1.54) is 0 Å². The van der Waals surface area contributed by atoms with E-state index in [1.807, 2.05) is 4.90 Å². The van der Waals surface area contributed by atoms with Gasteiger partial charge < -0.3 is 15.0 Å². The summed E-state index contributed by atoms with van der Waals surface area (Å²) in [4.78, 5) is 2.03. The minimum absolute atomic E-state index is 0.0712. The number of piperidine rings is 1. The smallest absolute Gasteiger partial charge is 0.381 e. The first-order valence-corrected chi connectivity index (χ1v) is 8.03. The fourth-order valence-corrected chi connectivity index (χ4v) is 3.53. The molecule has 2 saturated heterocycles. The van der Waals surface area contributed by atoms with Gasteiger partial charge in [-0.3, -0.25) is 0 Å². The summed E-state index contributed by atoms with van der Waals surface area (Å²) in [6, 6.07) is 0. The van der Waals surface area contributed by atoms with Gasteiger partial charge >= 0.3 is 6.18 Å². The number of hydrogen-bond acceptors (Lipinski definition) is 3. The summed E-state index contributed by atoms with van der Waals surface area (Å²) in [5.74, 6) is -1.15. The van der Waals surface area contributed by atoms with Crippen LogP contribution < -0.4 is 5.32 Å². The third-order valence-electron chi connectivity index (χ3n) is 4.83. The molecule has 0 amide bonds. The number of likely N-dealkylation sites (tertiary alicyclic amines) is 1. The Labute approximate surface area is 125 Å². The summed E-state index contributed by atoms with van der Waals surface area (Å²) in [5, 5.41) is 3.39.